The van der Waals surface area contributed by atoms with Gasteiger partial charge in [-0.25, -0.2) is 13.6 Å². The first-order valence-electron chi connectivity index (χ1n) is 21.9. The molecular formula is C48H60F4N6O3Si. The van der Waals surface area contributed by atoms with Crippen molar-refractivity contribution < 1.29 is 31.8 Å². The van der Waals surface area contributed by atoms with E-state index in [1.807, 2.05) is 50.6 Å². The molecule has 332 valence electrons. The first kappa shape index (κ1) is 45.3. The molecule has 2 aromatic heterocycles. The van der Waals surface area contributed by atoms with E-state index in [1.54, 1.807) is 23.1 Å². The Morgan fingerprint density at radius 1 is 1.03 bits per heavy atom. The van der Waals surface area contributed by atoms with E-state index in [-0.39, 0.29) is 60.0 Å². The minimum atomic E-state index is -2.29. The fraction of sp³-hybridized carbons (Fsp3) is 0.542. The molecule has 0 bridgehead atoms. The number of pyridine rings is 1. The zero-order chi connectivity index (χ0) is 45.1. The van der Waals surface area contributed by atoms with Crippen LogP contribution in [0.5, 0.6) is 6.01 Å². The van der Waals surface area contributed by atoms with Crippen LogP contribution >= 0.6 is 0 Å². The van der Waals surface area contributed by atoms with Crippen molar-refractivity contribution in [1.29, 1.82) is 0 Å². The van der Waals surface area contributed by atoms with Crippen molar-refractivity contribution in [3.8, 4) is 28.7 Å². The lowest BCUT2D eigenvalue weighted by Crippen LogP contribution is -2.45. The summed E-state index contributed by atoms with van der Waals surface area (Å²) in [6.45, 7) is 21.9. The van der Waals surface area contributed by atoms with E-state index in [0.29, 0.717) is 70.1 Å². The highest BCUT2D eigenvalue weighted by Crippen LogP contribution is 2.44. The van der Waals surface area contributed by atoms with Crippen LogP contribution in [0.4, 0.5) is 28.2 Å². The zero-order valence-electron chi connectivity index (χ0n) is 37.9. The Hall–Kier alpha value is -4.74. The molecule has 0 spiro atoms. The van der Waals surface area contributed by atoms with E-state index in [0.717, 1.165) is 6.42 Å². The summed E-state index contributed by atoms with van der Waals surface area (Å²) in [5.74, 6) is 2.40. The highest BCUT2D eigenvalue weighted by Gasteiger charge is 2.49. The molecule has 0 N–H and O–H groups in total. The Morgan fingerprint density at radius 3 is 2.40 bits per heavy atom. The Bertz CT molecular complexity index is 2450. The molecule has 0 radical (unpaired) electrons. The monoisotopic (exact) mass is 872 g/mol. The van der Waals surface area contributed by atoms with Gasteiger partial charge >= 0.3 is 12.1 Å². The van der Waals surface area contributed by atoms with Crippen LogP contribution in [0.25, 0.3) is 32.9 Å². The van der Waals surface area contributed by atoms with Crippen molar-refractivity contribution in [2.45, 2.75) is 135 Å². The SMILES string of the molecule is CC(C)[Si](C#Cc1c(F)ccc2cccc(-c3ncc4c(N(C)[C@@H]5CCN(C(=O)OC(C)(C)C)[C@@H]5C)nc(OCC56CCCN5CC(=C(F)F)C6)nc4c3F)c12)(C(C)C)C(C)C. The lowest BCUT2D eigenvalue weighted by atomic mass is 9.94. The van der Waals surface area contributed by atoms with E-state index >= 15 is 8.78 Å². The second kappa shape index (κ2) is 17.1. The smallest absolute Gasteiger partial charge is 0.410 e. The van der Waals surface area contributed by atoms with Crippen LogP contribution in [0.15, 0.2) is 48.2 Å². The molecule has 4 aromatic rings. The molecule has 3 aliphatic rings. The maximum absolute atomic E-state index is 17.6. The molecule has 1 amide bonds. The third kappa shape index (κ3) is 8.15. The van der Waals surface area contributed by atoms with Gasteiger partial charge in [-0.3, -0.25) is 9.88 Å². The van der Waals surface area contributed by atoms with Crippen molar-refractivity contribution in [1.82, 2.24) is 24.8 Å². The minimum Gasteiger partial charge on any atom is -0.461 e. The number of carbonyl (C=O) groups is 1. The predicted octanol–water partition coefficient (Wildman–Crippen LogP) is 11.3. The first-order chi connectivity index (χ1) is 29.2. The van der Waals surface area contributed by atoms with E-state index in [1.165, 1.54) is 12.3 Å². The van der Waals surface area contributed by atoms with Gasteiger partial charge in [-0.05, 0) is 88.0 Å². The lowest BCUT2D eigenvalue weighted by Gasteiger charge is -2.38. The first-order valence-corrected chi connectivity index (χ1v) is 24.2. The van der Waals surface area contributed by atoms with Crippen LogP contribution in [-0.4, -0.2) is 95.4 Å². The maximum Gasteiger partial charge on any atom is 0.410 e. The number of ether oxygens (including phenoxy) is 2. The summed E-state index contributed by atoms with van der Waals surface area (Å²) in [6, 6.07) is 7.78. The number of fused-ring (bicyclic) bond motifs is 3. The number of hydrogen-bond acceptors (Lipinski definition) is 8. The van der Waals surface area contributed by atoms with Crippen LogP contribution in [0, 0.1) is 23.1 Å². The fourth-order valence-corrected chi connectivity index (χ4v) is 15.9. The van der Waals surface area contributed by atoms with E-state index in [4.69, 9.17) is 19.4 Å². The molecule has 9 nitrogen and oxygen atoms in total. The number of likely N-dealkylation sites (tertiary alicyclic amines) is 1. The second-order valence-electron chi connectivity index (χ2n) is 19.4. The summed E-state index contributed by atoms with van der Waals surface area (Å²) in [7, 11) is -0.453. The van der Waals surface area contributed by atoms with Crippen molar-refractivity contribution >= 4 is 41.7 Å². The Labute approximate surface area is 364 Å². The Balaban J connectivity index is 1.37. The van der Waals surface area contributed by atoms with Gasteiger partial charge in [0.2, 0.25) is 0 Å². The van der Waals surface area contributed by atoms with Crippen LogP contribution in [0.1, 0.15) is 100 Å². The van der Waals surface area contributed by atoms with Crippen molar-refractivity contribution in [2.75, 3.05) is 38.2 Å². The molecule has 0 aliphatic carbocycles. The summed E-state index contributed by atoms with van der Waals surface area (Å²) >= 11 is 0. The number of rotatable bonds is 9. The van der Waals surface area contributed by atoms with Gasteiger partial charge in [0, 0.05) is 42.9 Å². The van der Waals surface area contributed by atoms with E-state index in [9.17, 15) is 13.6 Å². The summed E-state index contributed by atoms with van der Waals surface area (Å²) in [5, 5.41) is 1.45. The van der Waals surface area contributed by atoms with Crippen LogP contribution in [-0.2, 0) is 4.74 Å². The van der Waals surface area contributed by atoms with Gasteiger partial charge in [-0.2, -0.15) is 18.7 Å². The molecule has 5 heterocycles. The van der Waals surface area contributed by atoms with Gasteiger partial charge in [0.1, 0.15) is 43.1 Å². The van der Waals surface area contributed by atoms with Crippen molar-refractivity contribution in [3.05, 3.63) is 65.4 Å². The highest BCUT2D eigenvalue weighted by atomic mass is 28.3. The van der Waals surface area contributed by atoms with E-state index < -0.39 is 43.0 Å². The van der Waals surface area contributed by atoms with Crippen molar-refractivity contribution in [3.63, 3.8) is 0 Å². The third-order valence-electron chi connectivity index (χ3n) is 13.7. The van der Waals surface area contributed by atoms with Crippen LogP contribution in [0.3, 0.4) is 0 Å². The molecule has 3 atom stereocenters. The van der Waals surface area contributed by atoms with Gasteiger partial charge in [0.25, 0.3) is 6.08 Å². The molecule has 1 unspecified atom stereocenters. The fourth-order valence-electron chi connectivity index (χ4n) is 10.7. The van der Waals surface area contributed by atoms with Gasteiger partial charge in [-0.15, -0.1) is 5.54 Å². The Morgan fingerprint density at radius 2 is 1.74 bits per heavy atom. The largest absolute Gasteiger partial charge is 0.461 e. The van der Waals surface area contributed by atoms with Crippen LogP contribution in [0.2, 0.25) is 16.6 Å². The number of likely N-dealkylation sites (N-methyl/N-ethyl adjacent to an activating group) is 1. The average molecular weight is 873 g/mol. The highest BCUT2D eigenvalue weighted by molar-refractivity contribution is 6.90. The number of hydrogen-bond donors (Lipinski definition) is 0. The number of halogens is 4. The quantitative estimate of drug-likeness (QED) is 0.0934. The number of nitrogens with zero attached hydrogens (tertiary/aromatic N) is 6. The summed E-state index contributed by atoms with van der Waals surface area (Å²) in [4.78, 5) is 33.1. The number of anilines is 1. The summed E-state index contributed by atoms with van der Waals surface area (Å²) in [6.07, 6.45) is 1.67. The molecule has 3 saturated heterocycles. The number of benzene rings is 2. The van der Waals surface area contributed by atoms with Crippen molar-refractivity contribution in [2.24, 2.45) is 0 Å². The molecule has 0 saturated carbocycles. The van der Waals surface area contributed by atoms with Gasteiger partial charge < -0.3 is 19.3 Å². The van der Waals surface area contributed by atoms with Crippen LogP contribution < -0.4 is 9.64 Å². The molecule has 2 aromatic carbocycles. The van der Waals surface area contributed by atoms with Gasteiger partial charge in [0.05, 0.1) is 28.6 Å². The van der Waals surface area contributed by atoms with Gasteiger partial charge in [0.15, 0.2) is 5.82 Å². The standard InChI is InChI=1S/C48H60F4N6O3Si/c1-28(2)62(29(3)4,30(5)6)23-19-34-37(49)17-16-32-14-12-15-35(39(32)34)41-40(50)42-36(25-53-41)44(56(11)38-18-22-58(31(38)7)46(59)61-47(8,9)10)55-45(54-42)60-27-48-20-13-21-57(48)26-33(24-48)43(51)52/h12,14-17,25,28-31,38H,13,18,20-22,24,26-27H2,1-11H3/t31-,38-,48?/m1/s1. The Kier molecular flexibility index (Phi) is 12.5. The molecule has 14 heteroatoms. The lowest BCUT2D eigenvalue weighted by molar-refractivity contribution is 0.0233. The maximum atomic E-state index is 17.6. The predicted molar refractivity (Wildman–Crippen MR) is 240 cm³/mol. The molecule has 62 heavy (non-hydrogen) atoms. The molecule has 3 aliphatic heterocycles. The minimum absolute atomic E-state index is 0.0306. The summed E-state index contributed by atoms with van der Waals surface area (Å²) in [5.41, 5.74) is 3.83. The number of carbonyl (C=O) groups excluding carboxylic acids is 1. The molecule has 3 fully saturated rings. The topological polar surface area (TPSA) is 83.9 Å². The van der Waals surface area contributed by atoms with E-state index in [2.05, 4.69) is 58.0 Å². The normalized spacial score (nSPS) is 20.7. The molecule has 7 rings (SSSR count). The second-order valence-corrected chi connectivity index (χ2v) is 25.0. The summed E-state index contributed by atoms with van der Waals surface area (Å²) < 4.78 is 73.5. The van der Waals surface area contributed by atoms with Gasteiger partial charge in [-0.1, -0.05) is 71.7 Å². The number of amides is 1. The molecular weight excluding hydrogens is 813 g/mol. The third-order valence-corrected chi connectivity index (χ3v) is 20.0. The average Bonchev–Trinajstić information content (AvgIpc) is 3.89. The number of aromatic nitrogens is 3. The zero-order valence-corrected chi connectivity index (χ0v) is 38.9.